The van der Waals surface area contributed by atoms with Crippen molar-refractivity contribution in [3.8, 4) is 0 Å². The van der Waals surface area contributed by atoms with Crippen molar-refractivity contribution < 1.29 is 224 Å². The number of rotatable bonds is 43. The molecule has 2 unspecified atom stereocenters. The van der Waals surface area contributed by atoms with Crippen LogP contribution in [0.2, 0.25) is 0 Å². The standard InChI is InChI=1S/C12H26F17N17O35S17/c1-3-5(82(48,49)30-13,11(93(70,71)41-24,94(72,73)42-25)95(74,75)43-26)6(83(50,51)31-14,84(52,53)32-15)7(85(54,55)33-16,86(56,57)34-17)8(87(58,59)35-18,88(60,61)36-19)9(89(62,63)37-20,90(64,65)38-21)10(91(66,67)39-22,92(68,69)40-23)12(96(76,77)44-27,97(78,79)45-28)98(80,81)46(29)4(2)47/h4,30-45,47H,3H2,1-2H3. The van der Waals surface area contributed by atoms with Gasteiger partial charge in [-0.3, -0.25) is 0 Å². The molecule has 0 aliphatic heterocycles. The van der Waals surface area contributed by atoms with E-state index in [4.69, 9.17) is 0 Å². The van der Waals surface area contributed by atoms with E-state index in [0.717, 1.165) is 0 Å². The maximum atomic E-state index is 16.7. The molecule has 0 amide bonds. The Kier molecular flexibility index (Phi) is 27.5. The molecule has 0 rings (SSSR count). The van der Waals surface area contributed by atoms with E-state index in [-0.39, 0.29) is 0 Å². The summed E-state index contributed by atoms with van der Waals surface area (Å²) in [5.41, 5.74) is 0. The van der Waals surface area contributed by atoms with Gasteiger partial charge in [0.1, 0.15) is 6.23 Å². The highest BCUT2D eigenvalue weighted by Gasteiger charge is 3.14. The number of hydrogen-bond donors (Lipinski definition) is 17. The van der Waals surface area contributed by atoms with E-state index in [0.29, 0.717) is 0 Å². The van der Waals surface area contributed by atoms with E-state index in [2.05, 4.69) is 0 Å². The van der Waals surface area contributed by atoms with Gasteiger partial charge in [-0.1, -0.05) is 6.92 Å². The van der Waals surface area contributed by atoms with Crippen LogP contribution in [-0.2, 0) is 170 Å². The van der Waals surface area contributed by atoms with Crippen LogP contribution in [0.15, 0.2) is 0 Å². The van der Waals surface area contributed by atoms with Crippen molar-refractivity contribution in [1.82, 2.24) is 83.6 Å². The maximum absolute atomic E-state index is 16.7. The highest BCUT2D eigenvalue weighted by atomic mass is 32.3. The monoisotopic (exact) mass is 1830 g/mol. The van der Waals surface area contributed by atoms with Crippen molar-refractivity contribution in [2.75, 3.05) is 0 Å². The number of nitrogens with zero attached hydrogens (tertiary/aromatic N) is 1. The average molecular weight is 1840 g/mol. The fourth-order valence-electron chi connectivity index (χ4n) is 9.82. The molecule has 2 atom stereocenters. The molecule has 86 heteroatoms. The lowest BCUT2D eigenvalue weighted by atomic mass is 9.94. The Balaban J connectivity index is 17.2. The second kappa shape index (κ2) is 28.3. The fraction of sp³-hybridized carbons (Fsp3) is 1.00. The molecule has 0 saturated carbocycles. The van der Waals surface area contributed by atoms with Gasteiger partial charge in [0.15, 0.2) is 4.75 Å². The third-order valence-corrected chi connectivity index (χ3v) is 55.9. The number of aliphatic hydroxyl groups excluding tert-OH is 1. The zero-order valence-electron chi connectivity index (χ0n) is 43.4. The quantitative estimate of drug-likeness (QED) is 0.0153. The van der Waals surface area contributed by atoms with Gasteiger partial charge in [-0.05, 0) is 97.0 Å². The fourth-order valence-corrected chi connectivity index (χ4v) is 61.7. The number of hydrogen-bond acceptors (Lipinski definition) is 35. The van der Waals surface area contributed by atoms with Crippen molar-refractivity contribution in [2.24, 2.45) is 0 Å². The van der Waals surface area contributed by atoms with Crippen molar-refractivity contribution in [3.05, 3.63) is 0 Å². The van der Waals surface area contributed by atoms with Gasteiger partial charge in [0.05, 0.1) is 0 Å². The van der Waals surface area contributed by atoms with E-state index in [1.165, 1.54) is 0 Å². The molecular formula is C12H26F17N17O35S17. The van der Waals surface area contributed by atoms with Gasteiger partial charge in [-0.25, -0.2) is 143 Å². The van der Waals surface area contributed by atoms with Gasteiger partial charge < -0.3 is 5.11 Å². The molecule has 0 heterocycles. The summed E-state index contributed by atoms with van der Waals surface area (Å²) >= 11 is 0. The van der Waals surface area contributed by atoms with E-state index in [1.54, 1.807) is 0 Å². The normalized spacial score (nSPS) is 16.9. The number of aliphatic hydroxyl groups is 1. The highest BCUT2D eigenvalue weighted by molar-refractivity contribution is 8.30. The molecule has 0 radical (unpaired) electrons. The first-order chi connectivity index (χ1) is 43.4. The minimum Gasteiger partial charge on any atom is -0.375 e. The molecule has 0 aliphatic rings. The Morgan fingerprint density at radius 1 is 0.255 bits per heavy atom. The summed E-state index contributed by atoms with van der Waals surface area (Å²) in [5.74, 6) is 0. The number of sulfonamides is 17. The van der Waals surface area contributed by atoms with Gasteiger partial charge in [0.2, 0.25) is 10.0 Å². The van der Waals surface area contributed by atoms with Gasteiger partial charge >= 0.3 is 6.82 Å². The second-order valence-electron chi connectivity index (χ2n) is 16.0. The third kappa shape index (κ3) is 10.5. The summed E-state index contributed by atoms with van der Waals surface area (Å²) in [5, 5.41) is 9.96. The Morgan fingerprint density at radius 2 is 0.398 bits per heavy atom. The predicted molar refractivity (Wildman–Crippen MR) is 266 cm³/mol. The highest BCUT2D eigenvalue weighted by Crippen LogP contribution is 2.74. The molecule has 0 fully saturated rings. The minimum absolute atomic E-state index is 1.23. The summed E-state index contributed by atoms with van der Waals surface area (Å²) < 4.78 is 692. The molecule has 0 spiro atoms. The lowest BCUT2D eigenvalue weighted by molar-refractivity contribution is -0.0360. The molecule has 0 saturated heterocycles. The Bertz CT molecular complexity index is 4920. The molecule has 98 heavy (non-hydrogen) atoms. The van der Waals surface area contributed by atoms with Crippen LogP contribution in [0.5, 0.6) is 0 Å². The Labute approximate surface area is 533 Å². The average Bonchev–Trinajstić information content (AvgIpc) is 0.592. The van der Waals surface area contributed by atoms with Crippen LogP contribution >= 0.6 is 0 Å². The van der Waals surface area contributed by atoms with Crippen LogP contribution in [-0.4, -0.2) is 191 Å². The Morgan fingerprint density at radius 3 is 0.561 bits per heavy atom. The van der Waals surface area contributed by atoms with E-state index in [1.807, 2.05) is 0 Å². The molecular weight excluding hydrogens is 1810 g/mol. The lowest BCUT2D eigenvalue weighted by Crippen LogP contribution is -3.03. The van der Waals surface area contributed by atoms with Crippen molar-refractivity contribution in [1.29, 1.82) is 0 Å². The summed E-state index contributed by atoms with van der Waals surface area (Å²) in [6.45, 7) is -3.20. The zero-order chi connectivity index (χ0) is 79.7. The van der Waals surface area contributed by atoms with E-state index >= 15 is 160 Å². The van der Waals surface area contributed by atoms with Crippen LogP contribution < -0.4 is 79.1 Å². The molecule has 590 valence electrons. The molecule has 52 nitrogen and oxygen atoms in total. The SMILES string of the molecule is CCC(C(C(C(C(C(C(S(=O)(=O)NF)(S(=O)(=O)NF)S(=O)(=O)N(F)C(C)O)(S(=O)(=O)NF)S(=O)(=O)NF)(S(=O)(=O)NF)S(=O)(=O)NF)(S(=O)(=O)NF)S(=O)(=O)NF)(S(=O)(=O)NF)S(=O)(=O)NF)(S(=O)(=O)NF)S(=O)(=O)NF)(C(S(=O)(=O)NF)(S(=O)(=O)NF)S(=O)(=O)NF)S(=O)(=O)NF. The van der Waals surface area contributed by atoms with Gasteiger partial charge in [0, 0.05) is 0 Å². The molecule has 0 aromatic heterocycles. The first-order valence-corrected chi connectivity index (χ1v) is 44.9. The summed E-state index contributed by atoms with van der Waals surface area (Å²) in [6, 6.07) is 0. The van der Waals surface area contributed by atoms with Gasteiger partial charge in [-0.2, -0.15) is 0 Å². The summed E-state index contributed by atoms with van der Waals surface area (Å²) in [7, 11) is -196. The molecule has 0 aliphatic carbocycles. The lowest BCUT2D eigenvalue weighted by Gasteiger charge is -2.62. The first kappa shape index (κ1) is 95.2. The van der Waals surface area contributed by atoms with Crippen LogP contribution in [0.3, 0.4) is 0 Å². The van der Waals surface area contributed by atoms with E-state index in [9.17, 15) is 64.0 Å². The number of nitrogens with one attached hydrogen (secondary N) is 16. The minimum atomic E-state index is -12.4. The van der Waals surface area contributed by atoms with Crippen molar-refractivity contribution in [2.45, 2.75) is 58.5 Å². The largest absolute Gasteiger partial charge is 0.375 e. The van der Waals surface area contributed by atoms with Crippen LogP contribution in [0, 0.1) is 0 Å². The molecule has 17 N–H and O–H groups in total. The zero-order valence-corrected chi connectivity index (χ0v) is 57.3. The topological polar surface area (TPSA) is 796 Å². The smallest absolute Gasteiger partial charge is 0.359 e. The van der Waals surface area contributed by atoms with E-state index < -0.39 is 312 Å². The molecule has 0 aromatic carbocycles. The Hall–Kier alpha value is -2.76. The van der Waals surface area contributed by atoms with Crippen LogP contribution in [0.25, 0.3) is 0 Å². The van der Waals surface area contributed by atoms with Gasteiger partial charge in [0.25, 0.3) is 181 Å². The first-order valence-electron chi connectivity index (χ1n) is 19.7. The summed E-state index contributed by atoms with van der Waals surface area (Å²) in [6.07, 6.45) is -10.8. The third-order valence-electron chi connectivity index (χ3n) is 12.2. The van der Waals surface area contributed by atoms with Crippen molar-refractivity contribution >= 4 is 170 Å². The van der Waals surface area contributed by atoms with Crippen molar-refractivity contribution in [3.63, 3.8) is 0 Å². The molecule has 0 bridgehead atoms. The maximum Gasteiger partial charge on any atom is 0.359 e. The van der Waals surface area contributed by atoms with Gasteiger partial charge in [-0.15, -0.1) is 76.2 Å². The second-order valence-corrected chi connectivity index (χ2v) is 49.3. The van der Waals surface area contributed by atoms with Crippen LogP contribution in [0.4, 0.5) is 76.2 Å². The van der Waals surface area contributed by atoms with Crippen LogP contribution in [0.1, 0.15) is 20.3 Å². The predicted octanol–water partition coefficient (Wildman–Crippen LogP) is -13.4. The molecule has 0 aromatic rings. The number of halogens is 17. The summed E-state index contributed by atoms with van der Waals surface area (Å²) in [4.78, 5) is -37.3.